The maximum Gasteiger partial charge on any atom is 0.241 e. The molecule has 1 fully saturated rings. The van der Waals surface area contributed by atoms with E-state index in [1.54, 1.807) is 6.07 Å². The van der Waals surface area contributed by atoms with Crippen LogP contribution in [0.3, 0.4) is 0 Å². The largest absolute Gasteiger partial charge is 0.357 e. The van der Waals surface area contributed by atoms with Crippen LogP contribution < -0.4 is 10.6 Å². The summed E-state index contributed by atoms with van der Waals surface area (Å²) in [5, 5.41) is 15.1. The molecule has 0 aromatic heterocycles. The molecule has 1 aliphatic heterocycles. The molecular weight excluding hydrogens is 417 g/mol. The minimum Gasteiger partial charge on any atom is -0.357 e. The van der Waals surface area contributed by atoms with Gasteiger partial charge in [0.2, 0.25) is 5.91 Å². The molecule has 0 atom stereocenters. The van der Waals surface area contributed by atoms with Gasteiger partial charge in [-0.25, -0.2) is 4.99 Å². The molecule has 6 nitrogen and oxygen atoms in total. The Morgan fingerprint density at radius 3 is 2.75 bits per heavy atom. The van der Waals surface area contributed by atoms with Crippen molar-refractivity contribution in [3.05, 3.63) is 35.4 Å². The van der Waals surface area contributed by atoms with Crippen LogP contribution in [0, 0.1) is 11.3 Å². The number of halogens is 1. The van der Waals surface area contributed by atoms with Crippen molar-refractivity contribution in [2.75, 3.05) is 26.2 Å². The molecule has 1 aromatic rings. The first kappa shape index (κ1) is 20.2. The average Bonchev–Trinajstić information content (AvgIpc) is 3.12. The number of carbonyl (C=O) groups is 1. The SMILES string of the molecule is CCNC(=NCc1cccc(C#N)c1)NCC(=O)N1CCCC1.I. The van der Waals surface area contributed by atoms with Gasteiger partial charge in [-0.1, -0.05) is 12.1 Å². The third-order valence-corrected chi connectivity index (χ3v) is 3.69. The topological polar surface area (TPSA) is 80.5 Å². The lowest BCUT2D eigenvalue weighted by Gasteiger charge is -2.17. The Kier molecular flexibility index (Phi) is 9.15. The van der Waals surface area contributed by atoms with Gasteiger partial charge in [-0.15, -0.1) is 24.0 Å². The molecule has 24 heavy (non-hydrogen) atoms. The predicted molar refractivity (Wildman–Crippen MR) is 105 cm³/mol. The first-order valence-corrected chi connectivity index (χ1v) is 8.02. The van der Waals surface area contributed by atoms with Crippen molar-refractivity contribution in [3.8, 4) is 6.07 Å². The second-order valence-electron chi connectivity index (χ2n) is 5.45. The number of benzene rings is 1. The van der Waals surface area contributed by atoms with Gasteiger partial charge in [-0.3, -0.25) is 4.79 Å². The molecule has 2 rings (SSSR count). The van der Waals surface area contributed by atoms with Crippen LogP contribution in [-0.2, 0) is 11.3 Å². The fourth-order valence-electron chi connectivity index (χ4n) is 2.49. The fraction of sp³-hybridized carbons (Fsp3) is 0.471. The third-order valence-electron chi connectivity index (χ3n) is 3.69. The van der Waals surface area contributed by atoms with Gasteiger partial charge in [-0.05, 0) is 37.5 Å². The minimum absolute atomic E-state index is 0. The van der Waals surface area contributed by atoms with E-state index in [1.807, 2.05) is 30.0 Å². The molecule has 0 unspecified atom stereocenters. The lowest BCUT2D eigenvalue weighted by atomic mass is 10.1. The zero-order valence-electron chi connectivity index (χ0n) is 13.9. The average molecular weight is 441 g/mol. The molecule has 7 heteroatoms. The molecule has 1 heterocycles. The molecule has 0 bridgehead atoms. The molecule has 0 saturated carbocycles. The van der Waals surface area contributed by atoms with E-state index < -0.39 is 0 Å². The van der Waals surface area contributed by atoms with Crippen LogP contribution in [0.5, 0.6) is 0 Å². The Morgan fingerprint density at radius 2 is 2.08 bits per heavy atom. The van der Waals surface area contributed by atoms with Crippen LogP contribution in [0.4, 0.5) is 0 Å². The highest BCUT2D eigenvalue weighted by molar-refractivity contribution is 14.0. The number of hydrogen-bond donors (Lipinski definition) is 2. The number of guanidine groups is 1. The minimum atomic E-state index is 0. The van der Waals surface area contributed by atoms with Crippen LogP contribution in [0.25, 0.3) is 0 Å². The summed E-state index contributed by atoms with van der Waals surface area (Å²) in [4.78, 5) is 18.4. The number of rotatable bonds is 5. The van der Waals surface area contributed by atoms with Crippen LogP contribution >= 0.6 is 24.0 Å². The summed E-state index contributed by atoms with van der Waals surface area (Å²) in [5.41, 5.74) is 1.59. The lowest BCUT2D eigenvalue weighted by molar-refractivity contribution is -0.128. The Bertz CT molecular complexity index is 605. The highest BCUT2D eigenvalue weighted by atomic mass is 127. The van der Waals surface area contributed by atoms with Crippen molar-refractivity contribution in [1.82, 2.24) is 15.5 Å². The molecular formula is C17H24IN5O. The number of carbonyl (C=O) groups excluding carboxylic acids is 1. The normalized spacial score (nSPS) is 13.8. The van der Waals surface area contributed by atoms with Gasteiger partial charge in [-0.2, -0.15) is 5.26 Å². The Hall–Kier alpha value is -1.82. The molecule has 0 spiro atoms. The smallest absolute Gasteiger partial charge is 0.241 e. The number of amides is 1. The van der Waals surface area contributed by atoms with E-state index in [9.17, 15) is 4.79 Å². The first-order chi connectivity index (χ1) is 11.2. The second kappa shape index (κ2) is 10.9. The van der Waals surface area contributed by atoms with Crippen LogP contribution in [0.2, 0.25) is 0 Å². The quantitative estimate of drug-likeness (QED) is 0.415. The highest BCUT2D eigenvalue weighted by Crippen LogP contribution is 2.07. The number of nitrogens with one attached hydrogen (secondary N) is 2. The number of aliphatic imine (C=N–C) groups is 1. The van der Waals surface area contributed by atoms with Crippen LogP contribution in [0.1, 0.15) is 30.9 Å². The molecule has 1 amide bonds. The van der Waals surface area contributed by atoms with Gasteiger partial charge >= 0.3 is 0 Å². The molecule has 2 N–H and O–H groups in total. The lowest BCUT2D eigenvalue weighted by Crippen LogP contribution is -2.44. The molecule has 1 saturated heterocycles. The van der Waals surface area contributed by atoms with Crippen molar-refractivity contribution in [2.45, 2.75) is 26.3 Å². The maximum absolute atomic E-state index is 12.1. The molecule has 130 valence electrons. The van der Waals surface area contributed by atoms with Crippen LogP contribution in [-0.4, -0.2) is 42.9 Å². The van der Waals surface area contributed by atoms with E-state index in [0.717, 1.165) is 38.0 Å². The highest BCUT2D eigenvalue weighted by Gasteiger charge is 2.17. The Morgan fingerprint density at radius 1 is 1.33 bits per heavy atom. The standard InChI is InChI=1S/C17H23N5O.HI/c1-2-19-17(21-13-16(23)22-8-3-4-9-22)20-12-15-7-5-6-14(10-15)11-18;/h5-7,10H,2-4,8-9,12-13H2,1H3,(H2,19,20,21);1H. The van der Waals surface area contributed by atoms with E-state index in [-0.39, 0.29) is 36.4 Å². The number of likely N-dealkylation sites (tertiary alicyclic amines) is 1. The van der Waals surface area contributed by atoms with Crippen molar-refractivity contribution in [1.29, 1.82) is 5.26 Å². The second-order valence-corrected chi connectivity index (χ2v) is 5.45. The van der Waals surface area contributed by atoms with E-state index >= 15 is 0 Å². The zero-order chi connectivity index (χ0) is 16.5. The third kappa shape index (κ3) is 6.35. The van der Waals surface area contributed by atoms with E-state index in [4.69, 9.17) is 5.26 Å². The number of hydrogen-bond acceptors (Lipinski definition) is 3. The van der Waals surface area contributed by atoms with Crippen molar-refractivity contribution in [3.63, 3.8) is 0 Å². The van der Waals surface area contributed by atoms with Gasteiger partial charge < -0.3 is 15.5 Å². The van der Waals surface area contributed by atoms with Crippen molar-refractivity contribution < 1.29 is 4.79 Å². The summed E-state index contributed by atoms with van der Waals surface area (Å²) in [6.45, 7) is 5.13. The summed E-state index contributed by atoms with van der Waals surface area (Å²) in [7, 11) is 0. The summed E-state index contributed by atoms with van der Waals surface area (Å²) in [5.74, 6) is 0.724. The number of nitrogens with zero attached hydrogens (tertiary/aromatic N) is 3. The summed E-state index contributed by atoms with van der Waals surface area (Å²) >= 11 is 0. The van der Waals surface area contributed by atoms with Crippen LogP contribution in [0.15, 0.2) is 29.3 Å². The van der Waals surface area contributed by atoms with E-state index in [2.05, 4.69) is 21.7 Å². The fourth-order valence-corrected chi connectivity index (χ4v) is 2.49. The van der Waals surface area contributed by atoms with Gasteiger partial charge in [0.25, 0.3) is 0 Å². The van der Waals surface area contributed by atoms with Crippen molar-refractivity contribution >= 4 is 35.8 Å². The maximum atomic E-state index is 12.1. The molecule has 1 aromatic carbocycles. The summed E-state index contributed by atoms with van der Waals surface area (Å²) < 4.78 is 0. The Labute approximate surface area is 160 Å². The molecule has 1 aliphatic rings. The van der Waals surface area contributed by atoms with Gasteiger partial charge in [0, 0.05) is 19.6 Å². The van der Waals surface area contributed by atoms with E-state index in [1.165, 1.54) is 0 Å². The monoisotopic (exact) mass is 441 g/mol. The van der Waals surface area contributed by atoms with E-state index in [0.29, 0.717) is 18.1 Å². The molecule has 0 aliphatic carbocycles. The first-order valence-electron chi connectivity index (χ1n) is 8.02. The van der Waals surface area contributed by atoms with Gasteiger partial charge in [0.1, 0.15) is 0 Å². The summed E-state index contributed by atoms with van der Waals surface area (Å²) in [6.07, 6.45) is 2.18. The van der Waals surface area contributed by atoms with Crippen molar-refractivity contribution in [2.24, 2.45) is 4.99 Å². The predicted octanol–water partition coefficient (Wildman–Crippen LogP) is 1.85. The summed E-state index contributed by atoms with van der Waals surface area (Å²) in [6, 6.07) is 9.49. The Balaban J connectivity index is 0.00000288. The van der Waals surface area contributed by atoms with Gasteiger partial charge in [0.05, 0.1) is 24.7 Å². The van der Waals surface area contributed by atoms with Gasteiger partial charge in [0.15, 0.2) is 5.96 Å². The number of nitriles is 1. The molecule has 0 radical (unpaired) electrons. The zero-order valence-corrected chi connectivity index (χ0v) is 16.2.